The molecule has 0 N–H and O–H groups in total. The van der Waals surface area contributed by atoms with Gasteiger partial charge in [0.15, 0.2) is 0 Å². The molecule has 1 aromatic heterocycles. The van der Waals surface area contributed by atoms with Crippen LogP contribution in [0.4, 0.5) is 4.39 Å². The number of benzene rings is 1. The fourth-order valence-corrected chi connectivity index (χ4v) is 1.83. The third kappa shape index (κ3) is 1.20. The number of nitrogens with zero attached hydrogens (tertiary/aromatic N) is 2. The monoisotopic (exact) mass is 198 g/mol. The largest absolute Gasteiger partial charge is 0.266 e. The van der Waals surface area contributed by atoms with Crippen molar-refractivity contribution in [3.63, 3.8) is 0 Å². The summed E-state index contributed by atoms with van der Waals surface area (Å²) >= 11 is 5.88. The van der Waals surface area contributed by atoms with E-state index in [2.05, 4.69) is 5.10 Å². The van der Waals surface area contributed by atoms with E-state index < -0.39 is 0 Å². The van der Waals surface area contributed by atoms with Crippen molar-refractivity contribution in [1.82, 2.24) is 9.78 Å². The standard InChI is InChI=1S/C9H8ClFN2/c1-5-7-3-6(11)4-8(10)9(7)13(2)12-5/h3-4H,1-2H3. The molecule has 0 amide bonds. The van der Waals surface area contributed by atoms with Gasteiger partial charge in [0.2, 0.25) is 0 Å². The van der Waals surface area contributed by atoms with E-state index in [0.29, 0.717) is 5.02 Å². The van der Waals surface area contributed by atoms with Crippen LogP contribution in [-0.2, 0) is 7.05 Å². The van der Waals surface area contributed by atoms with E-state index in [0.717, 1.165) is 16.6 Å². The topological polar surface area (TPSA) is 17.8 Å². The van der Waals surface area contributed by atoms with Crippen LogP contribution < -0.4 is 0 Å². The number of hydrogen-bond acceptors (Lipinski definition) is 1. The molecule has 0 fully saturated rings. The highest BCUT2D eigenvalue weighted by molar-refractivity contribution is 6.35. The summed E-state index contributed by atoms with van der Waals surface area (Å²) in [6.07, 6.45) is 0. The summed E-state index contributed by atoms with van der Waals surface area (Å²) in [6, 6.07) is 2.74. The van der Waals surface area contributed by atoms with Gasteiger partial charge in [-0.3, -0.25) is 4.68 Å². The minimum atomic E-state index is -0.325. The average molecular weight is 199 g/mol. The van der Waals surface area contributed by atoms with Gasteiger partial charge in [0.25, 0.3) is 0 Å². The van der Waals surface area contributed by atoms with E-state index in [-0.39, 0.29) is 5.82 Å². The van der Waals surface area contributed by atoms with Crippen LogP contribution in [0.1, 0.15) is 5.69 Å². The predicted octanol–water partition coefficient (Wildman–Crippen LogP) is 2.67. The molecule has 0 aliphatic rings. The van der Waals surface area contributed by atoms with Gasteiger partial charge in [-0.1, -0.05) is 11.6 Å². The van der Waals surface area contributed by atoms with Crippen molar-refractivity contribution in [2.24, 2.45) is 7.05 Å². The molecule has 0 saturated heterocycles. The molecule has 0 bridgehead atoms. The van der Waals surface area contributed by atoms with Crippen LogP contribution in [0.15, 0.2) is 12.1 Å². The summed E-state index contributed by atoms with van der Waals surface area (Å²) in [6.45, 7) is 1.83. The molecule has 0 radical (unpaired) electrons. The second-order valence-corrected chi connectivity index (χ2v) is 3.40. The van der Waals surface area contributed by atoms with Crippen LogP contribution in [-0.4, -0.2) is 9.78 Å². The number of aryl methyl sites for hydroxylation is 2. The minimum absolute atomic E-state index is 0.325. The van der Waals surface area contributed by atoms with Gasteiger partial charge in [0.1, 0.15) is 5.82 Å². The Labute approximate surface area is 79.9 Å². The summed E-state index contributed by atoms with van der Waals surface area (Å²) in [4.78, 5) is 0. The van der Waals surface area contributed by atoms with Crippen molar-refractivity contribution >= 4 is 22.5 Å². The maximum absolute atomic E-state index is 13.0. The first-order valence-electron chi connectivity index (χ1n) is 3.88. The van der Waals surface area contributed by atoms with Crippen molar-refractivity contribution in [3.05, 3.63) is 28.7 Å². The van der Waals surface area contributed by atoms with Gasteiger partial charge in [0.05, 0.1) is 16.2 Å². The second-order valence-electron chi connectivity index (χ2n) is 2.99. The molecule has 0 saturated carbocycles. The van der Waals surface area contributed by atoms with Crippen LogP contribution in [0.5, 0.6) is 0 Å². The fourth-order valence-electron chi connectivity index (χ4n) is 1.50. The van der Waals surface area contributed by atoms with E-state index in [1.807, 2.05) is 6.92 Å². The van der Waals surface area contributed by atoms with E-state index in [1.54, 1.807) is 11.7 Å². The first kappa shape index (κ1) is 8.51. The molecule has 4 heteroatoms. The van der Waals surface area contributed by atoms with Crippen molar-refractivity contribution in [1.29, 1.82) is 0 Å². The summed E-state index contributed by atoms with van der Waals surface area (Å²) in [5, 5.41) is 5.33. The normalized spacial score (nSPS) is 11.1. The molecule has 2 rings (SSSR count). The minimum Gasteiger partial charge on any atom is -0.266 e. The van der Waals surface area contributed by atoms with Gasteiger partial charge >= 0.3 is 0 Å². The molecule has 13 heavy (non-hydrogen) atoms. The van der Waals surface area contributed by atoms with Crippen molar-refractivity contribution in [3.8, 4) is 0 Å². The molecule has 1 aromatic carbocycles. The van der Waals surface area contributed by atoms with Gasteiger partial charge in [-0.2, -0.15) is 5.10 Å². The van der Waals surface area contributed by atoms with Gasteiger partial charge in [-0.15, -0.1) is 0 Å². The lowest BCUT2D eigenvalue weighted by Crippen LogP contribution is -1.90. The Morgan fingerprint density at radius 3 is 2.85 bits per heavy atom. The molecule has 0 aliphatic carbocycles. The smallest absolute Gasteiger partial charge is 0.125 e. The summed E-state index contributed by atoms with van der Waals surface area (Å²) < 4.78 is 14.6. The number of halogens is 2. The summed E-state index contributed by atoms with van der Waals surface area (Å²) in [5.41, 5.74) is 1.57. The van der Waals surface area contributed by atoms with Crippen molar-refractivity contribution in [2.75, 3.05) is 0 Å². The van der Waals surface area contributed by atoms with Gasteiger partial charge in [-0.05, 0) is 19.1 Å². The number of rotatable bonds is 0. The Kier molecular flexibility index (Phi) is 1.77. The molecular weight excluding hydrogens is 191 g/mol. The Morgan fingerprint density at radius 2 is 2.15 bits per heavy atom. The zero-order valence-electron chi connectivity index (χ0n) is 7.31. The first-order chi connectivity index (χ1) is 6.09. The zero-order valence-corrected chi connectivity index (χ0v) is 8.06. The van der Waals surface area contributed by atoms with Crippen LogP contribution in [0.25, 0.3) is 10.9 Å². The third-order valence-corrected chi connectivity index (χ3v) is 2.33. The Hall–Kier alpha value is -1.09. The van der Waals surface area contributed by atoms with E-state index >= 15 is 0 Å². The van der Waals surface area contributed by atoms with Gasteiger partial charge < -0.3 is 0 Å². The lowest BCUT2D eigenvalue weighted by Gasteiger charge is -1.97. The Morgan fingerprint density at radius 1 is 1.46 bits per heavy atom. The second kappa shape index (κ2) is 2.70. The molecule has 0 atom stereocenters. The lowest BCUT2D eigenvalue weighted by molar-refractivity contribution is 0.629. The highest BCUT2D eigenvalue weighted by Gasteiger charge is 2.09. The van der Waals surface area contributed by atoms with Crippen LogP contribution in [0.2, 0.25) is 5.02 Å². The van der Waals surface area contributed by atoms with Crippen molar-refractivity contribution < 1.29 is 4.39 Å². The van der Waals surface area contributed by atoms with Crippen LogP contribution in [0, 0.1) is 12.7 Å². The Balaban J connectivity index is 2.97. The molecule has 0 aliphatic heterocycles. The van der Waals surface area contributed by atoms with Crippen LogP contribution in [0.3, 0.4) is 0 Å². The lowest BCUT2D eigenvalue weighted by atomic mass is 10.2. The van der Waals surface area contributed by atoms with E-state index in [9.17, 15) is 4.39 Å². The number of fused-ring (bicyclic) bond motifs is 1. The molecule has 68 valence electrons. The molecular formula is C9H8ClFN2. The average Bonchev–Trinajstić information content (AvgIpc) is 2.27. The highest BCUT2D eigenvalue weighted by atomic mass is 35.5. The first-order valence-corrected chi connectivity index (χ1v) is 4.26. The van der Waals surface area contributed by atoms with E-state index in [4.69, 9.17) is 11.6 Å². The Bertz CT molecular complexity index is 476. The summed E-state index contributed by atoms with van der Waals surface area (Å²) in [5.74, 6) is -0.325. The van der Waals surface area contributed by atoms with E-state index in [1.165, 1.54) is 12.1 Å². The maximum Gasteiger partial charge on any atom is 0.125 e. The third-order valence-electron chi connectivity index (χ3n) is 2.04. The fraction of sp³-hybridized carbons (Fsp3) is 0.222. The number of hydrogen-bond donors (Lipinski definition) is 0. The molecule has 2 aromatic rings. The van der Waals surface area contributed by atoms with Gasteiger partial charge in [-0.25, -0.2) is 4.39 Å². The maximum atomic E-state index is 13.0. The molecule has 2 nitrogen and oxygen atoms in total. The zero-order chi connectivity index (χ0) is 9.59. The highest BCUT2D eigenvalue weighted by Crippen LogP contribution is 2.26. The van der Waals surface area contributed by atoms with Gasteiger partial charge in [0, 0.05) is 12.4 Å². The molecule has 0 unspecified atom stereocenters. The van der Waals surface area contributed by atoms with Crippen molar-refractivity contribution in [2.45, 2.75) is 6.92 Å². The molecule has 0 spiro atoms. The number of aromatic nitrogens is 2. The predicted molar refractivity (Wildman–Crippen MR) is 50.4 cm³/mol. The quantitative estimate of drug-likeness (QED) is 0.637. The van der Waals surface area contributed by atoms with Crippen LogP contribution >= 0.6 is 11.6 Å². The summed E-state index contributed by atoms with van der Waals surface area (Å²) in [7, 11) is 1.79. The molecule has 1 heterocycles. The SMILES string of the molecule is Cc1nn(C)c2c(Cl)cc(F)cc12.